The molecular weight excluding hydrogens is 414 g/mol. The molecule has 0 radical (unpaired) electrons. The first-order valence-electron chi connectivity index (χ1n) is 10.2. The maximum Gasteiger partial charge on any atom is 0.260 e. The molecule has 1 aliphatic rings. The van der Waals surface area contributed by atoms with Crippen molar-refractivity contribution in [2.75, 3.05) is 50.5 Å². The third-order valence-corrected chi connectivity index (χ3v) is 7.25. The van der Waals surface area contributed by atoms with Crippen molar-refractivity contribution in [2.24, 2.45) is 0 Å². The lowest BCUT2D eigenvalue weighted by molar-refractivity contribution is 0.0391. The topological polar surface area (TPSA) is 45.7 Å². The van der Waals surface area contributed by atoms with Crippen LogP contribution in [0.5, 0.6) is 0 Å². The number of amides is 1. The second-order valence-corrected chi connectivity index (χ2v) is 9.39. The van der Waals surface area contributed by atoms with Crippen molar-refractivity contribution < 1.29 is 9.53 Å². The number of aryl methyl sites for hydroxylation is 2. The van der Waals surface area contributed by atoms with E-state index in [1.165, 1.54) is 0 Å². The van der Waals surface area contributed by atoms with Crippen LogP contribution in [0, 0.1) is 13.8 Å². The van der Waals surface area contributed by atoms with Crippen LogP contribution in [0.1, 0.15) is 21.5 Å². The Hall–Kier alpha value is -1.93. The van der Waals surface area contributed by atoms with Crippen LogP contribution in [-0.2, 0) is 4.74 Å². The number of carbonyl (C=O) groups is 1. The van der Waals surface area contributed by atoms with Crippen LogP contribution < -0.4 is 4.90 Å². The summed E-state index contributed by atoms with van der Waals surface area (Å²) in [5.74, 6) is 0.0224. The van der Waals surface area contributed by atoms with E-state index >= 15 is 0 Å². The third-order valence-electron chi connectivity index (χ3n) is 5.43. The highest BCUT2D eigenvalue weighted by Crippen LogP contribution is 2.34. The lowest BCUT2D eigenvalue weighted by Gasteiger charge is -2.29. The lowest BCUT2D eigenvalue weighted by atomic mass is 10.0. The van der Waals surface area contributed by atoms with Gasteiger partial charge in [-0.2, -0.15) is 0 Å². The van der Waals surface area contributed by atoms with E-state index in [2.05, 4.69) is 29.4 Å². The maximum absolute atomic E-state index is 13.7. The summed E-state index contributed by atoms with van der Waals surface area (Å²) in [5, 5.41) is 0.769. The van der Waals surface area contributed by atoms with E-state index in [9.17, 15) is 4.79 Å². The molecule has 1 amide bonds. The normalized spacial score (nSPS) is 14.9. The van der Waals surface area contributed by atoms with E-state index in [1.54, 1.807) is 23.1 Å². The van der Waals surface area contributed by atoms with Crippen molar-refractivity contribution >= 4 is 44.4 Å². The van der Waals surface area contributed by atoms with Crippen molar-refractivity contribution in [3.63, 3.8) is 0 Å². The van der Waals surface area contributed by atoms with Crippen molar-refractivity contribution in [1.29, 1.82) is 0 Å². The van der Waals surface area contributed by atoms with E-state index in [0.29, 0.717) is 6.54 Å². The molecule has 4 rings (SSSR count). The fourth-order valence-corrected chi connectivity index (χ4v) is 5.30. The highest BCUT2D eigenvalue weighted by Gasteiger charge is 2.24. The molecule has 0 atom stereocenters. The molecule has 158 valence electrons. The molecule has 1 fully saturated rings. The molecule has 30 heavy (non-hydrogen) atoms. The molecule has 2 aromatic carbocycles. The average molecular weight is 442 g/mol. The number of morpholine rings is 1. The molecule has 1 aliphatic heterocycles. The van der Waals surface area contributed by atoms with Gasteiger partial charge in [-0.05, 0) is 43.9 Å². The average Bonchev–Trinajstić information content (AvgIpc) is 3.20. The zero-order valence-corrected chi connectivity index (χ0v) is 19.3. The van der Waals surface area contributed by atoms with Crippen LogP contribution in [0.2, 0.25) is 0 Å². The summed E-state index contributed by atoms with van der Waals surface area (Å²) in [6.07, 6.45) is 2.06. The van der Waals surface area contributed by atoms with Gasteiger partial charge >= 0.3 is 0 Å². The van der Waals surface area contributed by atoms with Gasteiger partial charge in [0.05, 0.1) is 23.4 Å². The summed E-state index contributed by atoms with van der Waals surface area (Å²) >= 11 is 3.28. The summed E-state index contributed by atoms with van der Waals surface area (Å²) in [4.78, 5) is 23.9. The van der Waals surface area contributed by atoms with Crippen LogP contribution in [-0.4, -0.2) is 61.4 Å². The van der Waals surface area contributed by atoms with Crippen LogP contribution in [0.15, 0.2) is 41.3 Å². The Balaban J connectivity index is 1.69. The number of anilines is 1. The summed E-state index contributed by atoms with van der Waals surface area (Å²) in [6.45, 7) is 8.76. The first-order chi connectivity index (χ1) is 14.6. The zero-order valence-electron chi connectivity index (χ0n) is 17.7. The molecule has 3 aromatic rings. The van der Waals surface area contributed by atoms with E-state index in [0.717, 1.165) is 69.8 Å². The Morgan fingerprint density at radius 3 is 2.80 bits per heavy atom. The van der Waals surface area contributed by atoms with Crippen LogP contribution >= 0.6 is 23.1 Å². The Labute approximate surface area is 186 Å². The molecule has 0 aliphatic carbocycles. The van der Waals surface area contributed by atoms with Crippen molar-refractivity contribution in [2.45, 2.75) is 18.7 Å². The van der Waals surface area contributed by atoms with Crippen LogP contribution in [0.3, 0.4) is 0 Å². The number of hydrogen-bond donors (Lipinski definition) is 0. The molecule has 0 spiro atoms. The predicted molar refractivity (Wildman–Crippen MR) is 126 cm³/mol. The van der Waals surface area contributed by atoms with Crippen molar-refractivity contribution in [1.82, 2.24) is 9.88 Å². The van der Waals surface area contributed by atoms with E-state index in [4.69, 9.17) is 9.72 Å². The summed E-state index contributed by atoms with van der Waals surface area (Å²) < 4.78 is 6.58. The van der Waals surface area contributed by atoms with Gasteiger partial charge in [0.25, 0.3) is 5.91 Å². The van der Waals surface area contributed by atoms with Crippen molar-refractivity contribution in [3.05, 3.63) is 53.1 Å². The Bertz CT molecular complexity index is 1040. The van der Waals surface area contributed by atoms with Crippen molar-refractivity contribution in [3.8, 4) is 0 Å². The van der Waals surface area contributed by atoms with Gasteiger partial charge in [-0.3, -0.25) is 14.6 Å². The van der Waals surface area contributed by atoms with Crippen LogP contribution in [0.25, 0.3) is 10.2 Å². The maximum atomic E-state index is 13.7. The largest absolute Gasteiger partial charge is 0.379 e. The van der Waals surface area contributed by atoms with Gasteiger partial charge in [-0.1, -0.05) is 35.1 Å². The number of thiazole rings is 1. The lowest BCUT2D eigenvalue weighted by Crippen LogP contribution is -2.43. The molecule has 0 unspecified atom stereocenters. The Morgan fingerprint density at radius 1 is 1.23 bits per heavy atom. The number of rotatable bonds is 6. The number of nitrogens with zero attached hydrogens (tertiary/aromatic N) is 3. The molecule has 0 saturated carbocycles. The highest BCUT2D eigenvalue weighted by atomic mass is 32.2. The zero-order chi connectivity index (χ0) is 21.1. The number of para-hydroxylation sites is 1. The van der Waals surface area contributed by atoms with Crippen LogP contribution in [0.4, 0.5) is 5.13 Å². The first-order valence-corrected chi connectivity index (χ1v) is 12.2. The fraction of sp³-hybridized carbons (Fsp3) is 0.391. The molecule has 0 bridgehead atoms. The van der Waals surface area contributed by atoms with E-state index < -0.39 is 0 Å². The van der Waals surface area contributed by atoms with Gasteiger partial charge in [0.2, 0.25) is 0 Å². The molecular formula is C23H27N3O2S2. The molecule has 7 heteroatoms. The van der Waals surface area contributed by atoms with Gasteiger partial charge in [-0.25, -0.2) is 4.98 Å². The molecule has 1 saturated heterocycles. The SMILES string of the molecule is CSc1cccc2sc(N(CCN3CCOCC3)C(=O)c3cc(C)ccc3C)nc12. The second kappa shape index (κ2) is 9.47. The minimum Gasteiger partial charge on any atom is -0.379 e. The fourth-order valence-electron chi connectivity index (χ4n) is 3.65. The van der Waals surface area contributed by atoms with Gasteiger partial charge < -0.3 is 4.74 Å². The number of carbonyl (C=O) groups excluding carboxylic acids is 1. The molecule has 2 heterocycles. The number of hydrogen-bond acceptors (Lipinski definition) is 6. The quantitative estimate of drug-likeness (QED) is 0.523. The number of benzene rings is 2. The third kappa shape index (κ3) is 4.54. The number of fused-ring (bicyclic) bond motifs is 1. The first kappa shape index (κ1) is 21.3. The molecule has 1 aromatic heterocycles. The highest BCUT2D eigenvalue weighted by molar-refractivity contribution is 7.98. The Morgan fingerprint density at radius 2 is 2.03 bits per heavy atom. The summed E-state index contributed by atoms with van der Waals surface area (Å²) in [6, 6.07) is 12.3. The second-order valence-electron chi connectivity index (χ2n) is 7.53. The number of thioether (sulfide) groups is 1. The number of ether oxygens (including phenoxy) is 1. The van der Waals surface area contributed by atoms with E-state index in [-0.39, 0.29) is 5.91 Å². The molecule has 0 N–H and O–H groups in total. The minimum atomic E-state index is 0.0224. The smallest absolute Gasteiger partial charge is 0.260 e. The van der Waals surface area contributed by atoms with Gasteiger partial charge in [0.1, 0.15) is 0 Å². The minimum absolute atomic E-state index is 0.0224. The standard InChI is InChI=1S/C23H27N3O2S2/c1-16-7-8-17(2)18(15-16)22(27)26(10-9-25-11-13-28-14-12-25)23-24-21-19(29-3)5-4-6-20(21)30-23/h4-8,15H,9-14H2,1-3H3. The number of aromatic nitrogens is 1. The summed E-state index contributed by atoms with van der Waals surface area (Å²) in [5.41, 5.74) is 3.82. The predicted octanol–water partition coefficient (Wildman–Crippen LogP) is 4.61. The van der Waals surface area contributed by atoms with E-state index in [1.807, 2.05) is 36.9 Å². The van der Waals surface area contributed by atoms with Gasteiger partial charge in [0.15, 0.2) is 5.13 Å². The Kier molecular flexibility index (Phi) is 6.73. The van der Waals surface area contributed by atoms with Gasteiger partial charge in [0, 0.05) is 36.6 Å². The molecule has 5 nitrogen and oxygen atoms in total. The van der Waals surface area contributed by atoms with Gasteiger partial charge in [-0.15, -0.1) is 11.8 Å². The summed E-state index contributed by atoms with van der Waals surface area (Å²) in [7, 11) is 0. The monoisotopic (exact) mass is 441 g/mol.